The topological polar surface area (TPSA) is 108 Å². The minimum absolute atomic E-state index is 0.0274. The minimum Gasteiger partial charge on any atom is -0.493 e. The van der Waals surface area contributed by atoms with Crippen LogP contribution in [0, 0.1) is 15.9 Å². The van der Waals surface area contributed by atoms with Crippen molar-refractivity contribution in [3.8, 4) is 11.5 Å². The Labute approximate surface area is 196 Å². The molecule has 0 radical (unpaired) electrons. The summed E-state index contributed by atoms with van der Waals surface area (Å²) >= 11 is 0. The Balaban J connectivity index is 1.77. The Kier molecular flexibility index (Phi) is 8.39. The molecule has 3 rings (SSSR count). The van der Waals surface area contributed by atoms with Gasteiger partial charge in [-0.2, -0.15) is 0 Å². The average Bonchev–Trinajstić information content (AvgIpc) is 2.86. The molecule has 0 spiro atoms. The maximum atomic E-state index is 13.3. The highest BCUT2D eigenvalue weighted by Gasteiger charge is 2.29. The summed E-state index contributed by atoms with van der Waals surface area (Å²) in [6.07, 6.45) is 4.70. The van der Waals surface area contributed by atoms with E-state index < -0.39 is 29.1 Å². The van der Waals surface area contributed by atoms with E-state index in [-0.39, 0.29) is 35.5 Å². The first-order chi connectivity index (χ1) is 16.3. The summed E-state index contributed by atoms with van der Waals surface area (Å²) in [5.41, 5.74) is -0.120. The van der Waals surface area contributed by atoms with Crippen LogP contribution >= 0.6 is 0 Å². The molecule has 0 unspecified atom stereocenters. The molecule has 1 amide bonds. The van der Waals surface area contributed by atoms with Crippen LogP contribution in [0.25, 0.3) is 0 Å². The summed E-state index contributed by atoms with van der Waals surface area (Å²) in [4.78, 5) is 38.2. The molecule has 0 N–H and O–H groups in total. The van der Waals surface area contributed by atoms with E-state index in [4.69, 9.17) is 14.2 Å². The third kappa shape index (κ3) is 6.00. The van der Waals surface area contributed by atoms with E-state index in [2.05, 4.69) is 0 Å². The second kappa shape index (κ2) is 11.4. The van der Waals surface area contributed by atoms with Crippen molar-refractivity contribution >= 4 is 17.6 Å². The number of rotatable bonds is 9. The summed E-state index contributed by atoms with van der Waals surface area (Å²) in [5.74, 6) is -1.61. The van der Waals surface area contributed by atoms with Crippen LogP contribution in [0.3, 0.4) is 0 Å². The highest BCUT2D eigenvalue weighted by molar-refractivity contribution is 5.96. The molecule has 34 heavy (non-hydrogen) atoms. The summed E-state index contributed by atoms with van der Waals surface area (Å²) in [6, 6.07) is 8.07. The number of halogens is 1. The molecular weight excluding hydrogens is 447 g/mol. The van der Waals surface area contributed by atoms with Crippen molar-refractivity contribution in [1.82, 2.24) is 4.90 Å². The number of carbonyl (C=O) groups is 2. The van der Waals surface area contributed by atoms with E-state index in [1.165, 1.54) is 26.4 Å². The molecule has 182 valence electrons. The molecule has 2 aromatic rings. The lowest BCUT2D eigenvalue weighted by molar-refractivity contribution is -0.385. The molecule has 1 aliphatic carbocycles. The van der Waals surface area contributed by atoms with Crippen molar-refractivity contribution in [3.63, 3.8) is 0 Å². The van der Waals surface area contributed by atoms with Crippen LogP contribution in [-0.4, -0.2) is 48.6 Å². The van der Waals surface area contributed by atoms with Gasteiger partial charge in [0.25, 0.3) is 11.6 Å². The number of carbonyl (C=O) groups excluding carboxylic acids is 2. The monoisotopic (exact) mass is 474 g/mol. The number of hydrogen-bond donors (Lipinski definition) is 0. The maximum absolute atomic E-state index is 13.3. The highest BCUT2D eigenvalue weighted by atomic mass is 19.1. The lowest BCUT2D eigenvalue weighted by atomic mass is 9.93. The fourth-order valence-electron chi connectivity index (χ4n) is 4.07. The van der Waals surface area contributed by atoms with Crippen molar-refractivity contribution in [2.45, 2.75) is 44.7 Å². The quantitative estimate of drug-likeness (QED) is 0.303. The third-order valence-electron chi connectivity index (χ3n) is 5.85. The molecule has 0 aromatic heterocycles. The van der Waals surface area contributed by atoms with Crippen molar-refractivity contribution < 1.29 is 33.1 Å². The molecule has 1 saturated carbocycles. The Morgan fingerprint density at radius 1 is 1.06 bits per heavy atom. The highest BCUT2D eigenvalue weighted by Crippen LogP contribution is 2.35. The lowest BCUT2D eigenvalue weighted by Gasteiger charge is -2.34. The van der Waals surface area contributed by atoms with Gasteiger partial charge in [-0.15, -0.1) is 0 Å². The van der Waals surface area contributed by atoms with Gasteiger partial charge in [0.15, 0.2) is 18.1 Å². The summed E-state index contributed by atoms with van der Waals surface area (Å²) in [5, 5.41) is 11.5. The number of amides is 1. The first-order valence-corrected chi connectivity index (χ1v) is 11.0. The molecule has 0 atom stereocenters. The third-order valence-corrected chi connectivity index (χ3v) is 5.85. The van der Waals surface area contributed by atoms with Gasteiger partial charge in [-0.1, -0.05) is 31.4 Å². The van der Waals surface area contributed by atoms with Crippen LogP contribution in [0.5, 0.6) is 11.5 Å². The van der Waals surface area contributed by atoms with Gasteiger partial charge in [-0.05, 0) is 30.5 Å². The predicted octanol–water partition coefficient (Wildman–Crippen LogP) is 4.27. The Bertz CT molecular complexity index is 1040. The largest absolute Gasteiger partial charge is 0.493 e. The number of hydrogen-bond acceptors (Lipinski definition) is 7. The molecule has 10 heteroatoms. The maximum Gasteiger partial charge on any atom is 0.345 e. The van der Waals surface area contributed by atoms with Crippen LogP contribution in [-0.2, 0) is 16.1 Å². The van der Waals surface area contributed by atoms with Crippen molar-refractivity contribution in [2.24, 2.45) is 0 Å². The van der Waals surface area contributed by atoms with E-state index in [9.17, 15) is 24.1 Å². The van der Waals surface area contributed by atoms with Crippen molar-refractivity contribution in [1.29, 1.82) is 0 Å². The Hall–Kier alpha value is -3.69. The van der Waals surface area contributed by atoms with Crippen LogP contribution in [0.2, 0.25) is 0 Å². The van der Waals surface area contributed by atoms with Gasteiger partial charge in [0, 0.05) is 18.7 Å². The number of nitrogens with zero attached hydrogens (tertiary/aromatic N) is 2. The molecule has 2 aromatic carbocycles. The Morgan fingerprint density at radius 2 is 1.68 bits per heavy atom. The number of nitro benzene ring substituents is 1. The SMILES string of the molecule is COc1cc(C(=O)OCC(=O)N(Cc2ccc(F)cc2)C2CCCCC2)c([N+](=O)[O-])cc1OC. The van der Waals surface area contributed by atoms with E-state index in [1.54, 1.807) is 17.0 Å². The van der Waals surface area contributed by atoms with E-state index in [0.717, 1.165) is 49.8 Å². The molecule has 0 bridgehead atoms. The van der Waals surface area contributed by atoms with Gasteiger partial charge >= 0.3 is 5.97 Å². The van der Waals surface area contributed by atoms with Crippen LogP contribution in [0.4, 0.5) is 10.1 Å². The number of nitro groups is 1. The van der Waals surface area contributed by atoms with Crippen LogP contribution < -0.4 is 9.47 Å². The number of ether oxygens (including phenoxy) is 3. The number of benzene rings is 2. The average molecular weight is 474 g/mol. The zero-order chi connectivity index (χ0) is 24.7. The second-order valence-corrected chi connectivity index (χ2v) is 8.00. The molecule has 9 nitrogen and oxygen atoms in total. The van der Waals surface area contributed by atoms with Gasteiger partial charge in [0.2, 0.25) is 0 Å². The fraction of sp³-hybridized carbons (Fsp3) is 0.417. The number of methoxy groups -OCH3 is 2. The van der Waals surface area contributed by atoms with E-state index in [1.807, 2.05) is 0 Å². The summed E-state index contributed by atoms with van der Waals surface area (Å²) in [6.45, 7) is -0.333. The first kappa shape index (κ1) is 24.9. The van der Waals surface area contributed by atoms with Crippen LogP contribution in [0.1, 0.15) is 48.0 Å². The molecule has 0 saturated heterocycles. The number of esters is 1. The summed E-state index contributed by atoms with van der Waals surface area (Å²) in [7, 11) is 2.65. The smallest absolute Gasteiger partial charge is 0.345 e. The molecule has 0 heterocycles. The molecule has 1 aliphatic rings. The zero-order valence-electron chi connectivity index (χ0n) is 19.1. The standard InChI is InChI=1S/C24H27FN2O7/c1-32-21-12-19(20(27(30)31)13-22(21)33-2)24(29)34-15-23(28)26(18-6-4-3-5-7-18)14-16-8-10-17(25)11-9-16/h8-13,18H,3-7,14-15H2,1-2H3. The normalized spacial score (nSPS) is 13.7. The summed E-state index contributed by atoms with van der Waals surface area (Å²) < 4.78 is 28.7. The van der Waals surface area contributed by atoms with Crippen molar-refractivity contribution in [3.05, 3.63) is 63.5 Å². The molecular formula is C24H27FN2O7. The minimum atomic E-state index is -1.02. The Morgan fingerprint density at radius 3 is 2.26 bits per heavy atom. The van der Waals surface area contributed by atoms with E-state index in [0.29, 0.717) is 0 Å². The predicted molar refractivity (Wildman–Crippen MR) is 120 cm³/mol. The first-order valence-electron chi connectivity index (χ1n) is 11.0. The fourth-order valence-corrected chi connectivity index (χ4v) is 4.07. The van der Waals surface area contributed by atoms with Gasteiger partial charge < -0.3 is 19.1 Å². The molecule has 1 fully saturated rings. The van der Waals surface area contributed by atoms with Gasteiger partial charge in [0.1, 0.15) is 11.4 Å². The van der Waals surface area contributed by atoms with Gasteiger partial charge in [-0.25, -0.2) is 9.18 Å². The second-order valence-electron chi connectivity index (χ2n) is 8.00. The van der Waals surface area contributed by atoms with E-state index >= 15 is 0 Å². The van der Waals surface area contributed by atoms with Gasteiger partial charge in [-0.3, -0.25) is 14.9 Å². The van der Waals surface area contributed by atoms with Crippen molar-refractivity contribution in [2.75, 3.05) is 20.8 Å². The van der Waals surface area contributed by atoms with Crippen LogP contribution in [0.15, 0.2) is 36.4 Å². The lowest BCUT2D eigenvalue weighted by Crippen LogP contribution is -2.43. The zero-order valence-corrected chi connectivity index (χ0v) is 19.1. The van der Waals surface area contributed by atoms with Gasteiger partial charge in [0.05, 0.1) is 25.2 Å². The molecule has 0 aliphatic heterocycles.